The molecular formula is C32H30N2O8. The number of fused-ring (bicyclic) bond motifs is 2. The van der Waals surface area contributed by atoms with Crippen molar-refractivity contribution >= 4 is 0 Å². The second kappa shape index (κ2) is 10.6. The molecule has 10 heteroatoms. The van der Waals surface area contributed by atoms with Crippen LogP contribution in [0.4, 0.5) is 0 Å². The van der Waals surface area contributed by atoms with Gasteiger partial charge in [-0.3, -0.25) is 9.80 Å². The SMILES string of the molecule is Oc1ccc([C@H](c2cc3c(cc2O)OCO3)N2CCN([C@@H](c3ccc(O)cc3)c3cc4c(cc3O)OCO4)CC2)cc1. The second-order valence-corrected chi connectivity index (χ2v) is 10.6. The Hall–Kier alpha value is -4.80. The van der Waals surface area contributed by atoms with Crippen molar-refractivity contribution in [2.45, 2.75) is 12.1 Å². The summed E-state index contributed by atoms with van der Waals surface area (Å²) < 4.78 is 22.2. The number of piperazine rings is 1. The number of rotatable bonds is 6. The van der Waals surface area contributed by atoms with E-state index in [1.165, 1.54) is 0 Å². The fourth-order valence-electron chi connectivity index (χ4n) is 6.07. The van der Waals surface area contributed by atoms with Crippen LogP contribution >= 0.6 is 0 Å². The predicted molar refractivity (Wildman–Crippen MR) is 152 cm³/mol. The minimum atomic E-state index is -0.312. The van der Waals surface area contributed by atoms with Gasteiger partial charge in [0.1, 0.15) is 23.0 Å². The number of hydrogen-bond acceptors (Lipinski definition) is 10. The van der Waals surface area contributed by atoms with E-state index in [0.29, 0.717) is 60.3 Å². The molecule has 0 bridgehead atoms. The summed E-state index contributed by atoms with van der Waals surface area (Å²) in [5.41, 5.74) is 3.20. The molecule has 3 aliphatic heterocycles. The highest BCUT2D eigenvalue weighted by Gasteiger charge is 2.34. The minimum Gasteiger partial charge on any atom is -0.508 e. The van der Waals surface area contributed by atoms with Crippen LogP contribution in [0.1, 0.15) is 34.3 Å². The number of hydrogen-bond donors (Lipinski definition) is 4. The van der Waals surface area contributed by atoms with Crippen LogP contribution < -0.4 is 18.9 Å². The lowest BCUT2D eigenvalue weighted by Gasteiger charge is -2.43. The van der Waals surface area contributed by atoms with E-state index in [-0.39, 0.29) is 48.7 Å². The lowest BCUT2D eigenvalue weighted by Crippen LogP contribution is -2.49. The van der Waals surface area contributed by atoms with Crippen molar-refractivity contribution in [3.05, 3.63) is 95.1 Å². The maximum atomic E-state index is 11.1. The van der Waals surface area contributed by atoms with E-state index in [9.17, 15) is 20.4 Å². The first kappa shape index (κ1) is 26.1. The van der Waals surface area contributed by atoms with Gasteiger partial charge in [0.25, 0.3) is 0 Å². The molecule has 4 aromatic carbocycles. The summed E-state index contributed by atoms with van der Waals surface area (Å²) in [6, 6.07) is 20.2. The van der Waals surface area contributed by atoms with Crippen LogP contribution in [-0.2, 0) is 0 Å². The molecule has 0 unspecified atom stereocenters. The van der Waals surface area contributed by atoms with Crippen molar-refractivity contribution in [1.29, 1.82) is 0 Å². The molecule has 4 aromatic rings. The van der Waals surface area contributed by atoms with Crippen LogP contribution in [0.3, 0.4) is 0 Å². The smallest absolute Gasteiger partial charge is 0.231 e. The Morgan fingerprint density at radius 2 is 0.810 bits per heavy atom. The lowest BCUT2D eigenvalue weighted by molar-refractivity contribution is 0.0882. The third-order valence-corrected chi connectivity index (χ3v) is 8.13. The number of phenols is 4. The number of phenolic OH excluding ortho intramolecular Hbond substituents is 4. The first-order chi connectivity index (χ1) is 20.4. The minimum absolute atomic E-state index is 0.103. The zero-order valence-corrected chi connectivity index (χ0v) is 22.6. The summed E-state index contributed by atoms with van der Waals surface area (Å²) in [4.78, 5) is 4.57. The number of ether oxygens (including phenoxy) is 4. The van der Waals surface area contributed by atoms with Gasteiger partial charge in [-0.2, -0.15) is 0 Å². The lowest BCUT2D eigenvalue weighted by atomic mass is 9.93. The summed E-state index contributed by atoms with van der Waals surface area (Å²) >= 11 is 0. The molecule has 4 N–H and O–H groups in total. The molecule has 3 aliphatic rings. The third-order valence-electron chi connectivity index (χ3n) is 8.13. The zero-order valence-electron chi connectivity index (χ0n) is 22.6. The molecule has 216 valence electrons. The van der Waals surface area contributed by atoms with E-state index >= 15 is 0 Å². The Labute approximate surface area is 242 Å². The fraction of sp³-hybridized carbons (Fsp3) is 0.250. The number of nitrogens with zero attached hydrogens (tertiary/aromatic N) is 2. The summed E-state index contributed by atoms with van der Waals surface area (Å²) in [5.74, 6) is 2.71. The zero-order chi connectivity index (χ0) is 28.8. The van der Waals surface area contributed by atoms with E-state index in [2.05, 4.69) is 9.80 Å². The van der Waals surface area contributed by atoms with Gasteiger partial charge in [0.05, 0.1) is 12.1 Å². The van der Waals surface area contributed by atoms with E-state index < -0.39 is 0 Å². The Morgan fingerprint density at radius 3 is 1.17 bits per heavy atom. The van der Waals surface area contributed by atoms with E-state index in [1.807, 2.05) is 36.4 Å². The average molecular weight is 571 g/mol. The van der Waals surface area contributed by atoms with Gasteiger partial charge in [0.2, 0.25) is 13.6 Å². The molecule has 0 amide bonds. The summed E-state index contributed by atoms with van der Waals surface area (Å²) in [6.45, 7) is 2.76. The molecule has 0 radical (unpaired) electrons. The monoisotopic (exact) mass is 570 g/mol. The molecule has 1 saturated heterocycles. The highest BCUT2D eigenvalue weighted by Crippen LogP contribution is 2.46. The van der Waals surface area contributed by atoms with Gasteiger partial charge < -0.3 is 39.4 Å². The molecule has 1 fully saturated rings. The first-order valence-corrected chi connectivity index (χ1v) is 13.8. The molecule has 42 heavy (non-hydrogen) atoms. The molecule has 2 atom stereocenters. The summed E-state index contributed by atoms with van der Waals surface area (Å²) in [6.07, 6.45) is 0. The largest absolute Gasteiger partial charge is 0.508 e. The van der Waals surface area contributed by atoms with Gasteiger partial charge >= 0.3 is 0 Å². The van der Waals surface area contributed by atoms with Crippen LogP contribution in [0, 0.1) is 0 Å². The van der Waals surface area contributed by atoms with Crippen LogP contribution in [0.5, 0.6) is 46.0 Å². The Balaban J connectivity index is 1.22. The van der Waals surface area contributed by atoms with Crippen LogP contribution in [-0.4, -0.2) is 70.0 Å². The van der Waals surface area contributed by atoms with Crippen molar-refractivity contribution in [2.24, 2.45) is 0 Å². The number of aromatic hydroxyl groups is 4. The first-order valence-electron chi connectivity index (χ1n) is 13.8. The normalized spacial score (nSPS) is 17.7. The second-order valence-electron chi connectivity index (χ2n) is 10.6. The molecule has 0 aromatic heterocycles. The van der Waals surface area contributed by atoms with Crippen LogP contribution in [0.2, 0.25) is 0 Å². The standard InChI is InChI=1S/C32H30N2O8/c35-21-5-1-19(2-6-21)31(23-13-27-29(15-25(23)37)41-17-39-27)33-9-11-34(12-10-33)32(20-3-7-22(36)8-4-20)24-14-28-30(16-26(24)38)42-18-40-28/h1-8,13-16,31-32,35-38H,9-12,17-18H2/t31-,32+. The van der Waals surface area contributed by atoms with Gasteiger partial charge in [0.15, 0.2) is 23.0 Å². The summed E-state index contributed by atoms with van der Waals surface area (Å²) in [5, 5.41) is 42.0. The topological polar surface area (TPSA) is 124 Å². The summed E-state index contributed by atoms with van der Waals surface area (Å²) in [7, 11) is 0. The Bertz CT molecular complexity index is 1480. The molecule has 10 nitrogen and oxygen atoms in total. The van der Waals surface area contributed by atoms with Crippen molar-refractivity contribution in [3.8, 4) is 46.0 Å². The van der Waals surface area contributed by atoms with E-state index in [0.717, 1.165) is 11.1 Å². The van der Waals surface area contributed by atoms with Gasteiger partial charge in [-0.1, -0.05) is 24.3 Å². The molecule has 7 rings (SSSR count). The Kier molecular flexibility index (Phi) is 6.56. The van der Waals surface area contributed by atoms with Crippen LogP contribution in [0.25, 0.3) is 0 Å². The van der Waals surface area contributed by atoms with Gasteiger partial charge in [-0.15, -0.1) is 0 Å². The number of benzene rings is 4. The molecule has 3 heterocycles. The predicted octanol–water partition coefficient (Wildman–Crippen LogP) is 4.46. The molecule has 0 spiro atoms. The third kappa shape index (κ3) is 4.74. The van der Waals surface area contributed by atoms with E-state index in [4.69, 9.17) is 18.9 Å². The average Bonchev–Trinajstić information content (AvgIpc) is 3.65. The van der Waals surface area contributed by atoms with Crippen molar-refractivity contribution < 1.29 is 39.4 Å². The van der Waals surface area contributed by atoms with Gasteiger partial charge in [0, 0.05) is 49.4 Å². The quantitative estimate of drug-likeness (QED) is 0.264. The molecular weight excluding hydrogens is 540 g/mol. The maximum absolute atomic E-state index is 11.1. The maximum Gasteiger partial charge on any atom is 0.231 e. The van der Waals surface area contributed by atoms with Gasteiger partial charge in [-0.05, 0) is 47.5 Å². The Morgan fingerprint density at radius 1 is 0.476 bits per heavy atom. The fourth-order valence-corrected chi connectivity index (χ4v) is 6.07. The van der Waals surface area contributed by atoms with E-state index in [1.54, 1.807) is 36.4 Å². The highest BCUT2D eigenvalue weighted by molar-refractivity contribution is 5.55. The van der Waals surface area contributed by atoms with Crippen molar-refractivity contribution in [2.75, 3.05) is 39.8 Å². The molecule has 0 aliphatic carbocycles. The highest BCUT2D eigenvalue weighted by atomic mass is 16.7. The van der Waals surface area contributed by atoms with Crippen molar-refractivity contribution in [1.82, 2.24) is 9.80 Å². The molecule has 0 saturated carbocycles. The van der Waals surface area contributed by atoms with Crippen LogP contribution in [0.15, 0.2) is 72.8 Å². The van der Waals surface area contributed by atoms with Gasteiger partial charge in [-0.25, -0.2) is 0 Å². The van der Waals surface area contributed by atoms with Crippen molar-refractivity contribution in [3.63, 3.8) is 0 Å².